The SMILES string of the molecule is CCOC(=O)c1cn[nH]c1S(=O)(=O)NCC1(CO)CC1. The molecule has 1 heterocycles. The maximum Gasteiger partial charge on any atom is 0.342 e. The Balaban J connectivity index is 2.13. The van der Waals surface area contributed by atoms with Gasteiger partial charge < -0.3 is 9.84 Å². The maximum atomic E-state index is 12.1. The minimum Gasteiger partial charge on any atom is -0.462 e. The fourth-order valence-corrected chi connectivity index (χ4v) is 2.96. The molecule has 0 aromatic carbocycles. The minimum atomic E-state index is -3.89. The summed E-state index contributed by atoms with van der Waals surface area (Å²) < 4.78 is 31.4. The quantitative estimate of drug-likeness (QED) is 0.591. The number of nitrogens with one attached hydrogen (secondary N) is 2. The van der Waals surface area contributed by atoms with Gasteiger partial charge in [0.1, 0.15) is 5.56 Å². The number of ether oxygens (including phenoxy) is 1. The molecule has 0 saturated heterocycles. The van der Waals surface area contributed by atoms with Gasteiger partial charge in [0.2, 0.25) is 0 Å². The zero-order chi connectivity index (χ0) is 14.8. The monoisotopic (exact) mass is 303 g/mol. The van der Waals surface area contributed by atoms with Crippen LogP contribution < -0.4 is 4.72 Å². The molecule has 3 N–H and O–H groups in total. The van der Waals surface area contributed by atoms with Crippen LogP contribution in [0.25, 0.3) is 0 Å². The van der Waals surface area contributed by atoms with E-state index in [4.69, 9.17) is 9.84 Å². The van der Waals surface area contributed by atoms with Crippen molar-refractivity contribution in [2.45, 2.75) is 24.8 Å². The highest BCUT2D eigenvalue weighted by molar-refractivity contribution is 7.89. The molecule has 112 valence electrons. The Morgan fingerprint density at radius 1 is 1.60 bits per heavy atom. The van der Waals surface area contributed by atoms with Gasteiger partial charge in [-0.05, 0) is 19.8 Å². The first-order valence-electron chi connectivity index (χ1n) is 6.25. The summed E-state index contributed by atoms with van der Waals surface area (Å²) >= 11 is 0. The summed E-state index contributed by atoms with van der Waals surface area (Å²) in [6, 6.07) is 0. The first kappa shape index (κ1) is 14.9. The number of carbonyl (C=O) groups is 1. The Labute approximate surface area is 116 Å². The van der Waals surface area contributed by atoms with Crippen LogP contribution in [0.5, 0.6) is 0 Å². The minimum absolute atomic E-state index is 0.0662. The smallest absolute Gasteiger partial charge is 0.342 e. The molecule has 1 aliphatic rings. The molecule has 2 rings (SSSR count). The van der Waals surface area contributed by atoms with Gasteiger partial charge in [-0.15, -0.1) is 0 Å². The molecule has 0 bridgehead atoms. The van der Waals surface area contributed by atoms with Crippen LogP contribution in [0.3, 0.4) is 0 Å². The van der Waals surface area contributed by atoms with E-state index in [1.54, 1.807) is 6.92 Å². The van der Waals surface area contributed by atoms with Gasteiger partial charge in [0.05, 0.1) is 12.8 Å². The predicted molar refractivity (Wildman–Crippen MR) is 68.5 cm³/mol. The van der Waals surface area contributed by atoms with Crippen molar-refractivity contribution < 1.29 is 23.1 Å². The van der Waals surface area contributed by atoms with Crippen LogP contribution in [0.15, 0.2) is 11.2 Å². The first-order valence-corrected chi connectivity index (χ1v) is 7.73. The van der Waals surface area contributed by atoms with E-state index in [9.17, 15) is 13.2 Å². The van der Waals surface area contributed by atoms with Crippen molar-refractivity contribution in [2.24, 2.45) is 5.41 Å². The number of aliphatic hydroxyl groups excluding tert-OH is 1. The number of nitrogens with zero attached hydrogens (tertiary/aromatic N) is 1. The highest BCUT2D eigenvalue weighted by Gasteiger charge is 2.43. The lowest BCUT2D eigenvalue weighted by atomic mass is 10.1. The molecule has 9 heteroatoms. The predicted octanol–water partition coefficient (Wildman–Crippen LogP) is -0.363. The fraction of sp³-hybridized carbons (Fsp3) is 0.636. The molecule has 0 atom stereocenters. The number of aromatic nitrogens is 2. The van der Waals surface area contributed by atoms with Crippen molar-refractivity contribution in [3.05, 3.63) is 11.8 Å². The summed E-state index contributed by atoms with van der Waals surface area (Å²) in [6.45, 7) is 1.84. The van der Waals surface area contributed by atoms with E-state index in [0.717, 1.165) is 19.0 Å². The van der Waals surface area contributed by atoms with Crippen molar-refractivity contribution >= 4 is 16.0 Å². The van der Waals surface area contributed by atoms with Gasteiger partial charge >= 0.3 is 5.97 Å². The van der Waals surface area contributed by atoms with Crippen molar-refractivity contribution in [1.82, 2.24) is 14.9 Å². The number of esters is 1. The van der Waals surface area contributed by atoms with Crippen molar-refractivity contribution in [2.75, 3.05) is 19.8 Å². The molecule has 8 nitrogen and oxygen atoms in total. The van der Waals surface area contributed by atoms with E-state index in [2.05, 4.69) is 14.9 Å². The molecule has 1 saturated carbocycles. The molecule has 0 aliphatic heterocycles. The number of rotatable bonds is 7. The third-order valence-corrected chi connectivity index (χ3v) is 4.67. The number of H-pyrrole nitrogens is 1. The van der Waals surface area contributed by atoms with Gasteiger partial charge in [0, 0.05) is 18.6 Å². The summed E-state index contributed by atoms with van der Waals surface area (Å²) in [4.78, 5) is 11.6. The molecular formula is C11H17N3O5S. The summed E-state index contributed by atoms with van der Waals surface area (Å²) in [5.41, 5.74) is -0.495. The summed E-state index contributed by atoms with van der Waals surface area (Å²) in [5, 5.41) is 14.7. The lowest BCUT2D eigenvalue weighted by Crippen LogP contribution is -2.33. The molecule has 0 spiro atoms. The molecule has 1 aromatic rings. The summed E-state index contributed by atoms with van der Waals surface area (Å²) in [7, 11) is -3.89. The molecule has 20 heavy (non-hydrogen) atoms. The molecule has 1 aliphatic carbocycles. The Hall–Kier alpha value is -1.45. The lowest BCUT2D eigenvalue weighted by Gasteiger charge is -2.12. The number of hydrogen-bond acceptors (Lipinski definition) is 6. The fourth-order valence-electron chi connectivity index (χ4n) is 1.72. The molecule has 1 fully saturated rings. The number of aromatic amines is 1. The molecular weight excluding hydrogens is 286 g/mol. The number of sulfonamides is 1. The van der Waals surface area contributed by atoms with Crippen LogP contribution >= 0.6 is 0 Å². The second-order valence-corrected chi connectivity index (χ2v) is 6.52. The highest BCUT2D eigenvalue weighted by atomic mass is 32.2. The number of hydrogen-bond donors (Lipinski definition) is 3. The van der Waals surface area contributed by atoms with Gasteiger partial charge in [-0.2, -0.15) is 5.10 Å². The Bertz CT molecular complexity index is 591. The van der Waals surface area contributed by atoms with E-state index >= 15 is 0 Å². The van der Waals surface area contributed by atoms with Crippen LogP contribution in [0.2, 0.25) is 0 Å². The van der Waals surface area contributed by atoms with Gasteiger partial charge in [-0.3, -0.25) is 5.10 Å². The van der Waals surface area contributed by atoms with Crippen LogP contribution in [0.4, 0.5) is 0 Å². The van der Waals surface area contributed by atoms with Crippen molar-refractivity contribution in [1.29, 1.82) is 0 Å². The lowest BCUT2D eigenvalue weighted by molar-refractivity contribution is 0.0522. The Morgan fingerprint density at radius 3 is 2.85 bits per heavy atom. The zero-order valence-corrected chi connectivity index (χ0v) is 11.9. The standard InChI is InChI=1S/C11H17N3O5S/c1-2-19-10(16)8-5-12-14-9(8)20(17,18)13-6-11(7-15)3-4-11/h5,13,15H,2-4,6-7H2,1H3,(H,12,14). The van der Waals surface area contributed by atoms with Crippen LogP contribution in [-0.2, 0) is 14.8 Å². The molecule has 0 radical (unpaired) electrons. The van der Waals surface area contributed by atoms with Gasteiger partial charge in [-0.1, -0.05) is 0 Å². The largest absolute Gasteiger partial charge is 0.462 e. The van der Waals surface area contributed by atoms with E-state index in [1.165, 1.54) is 0 Å². The van der Waals surface area contributed by atoms with Gasteiger partial charge in [0.15, 0.2) is 5.03 Å². The first-order chi connectivity index (χ1) is 9.44. The van der Waals surface area contributed by atoms with Crippen LogP contribution in [0, 0.1) is 5.41 Å². The topological polar surface area (TPSA) is 121 Å². The molecule has 0 unspecified atom stereocenters. The van der Waals surface area contributed by atoms with Crippen molar-refractivity contribution in [3.8, 4) is 0 Å². The third kappa shape index (κ3) is 3.00. The van der Waals surface area contributed by atoms with E-state index in [1.807, 2.05) is 0 Å². The second-order valence-electron chi connectivity index (χ2n) is 4.82. The Morgan fingerprint density at radius 2 is 2.30 bits per heavy atom. The average Bonchev–Trinajstić information content (AvgIpc) is 3.02. The van der Waals surface area contributed by atoms with E-state index in [0.29, 0.717) is 0 Å². The normalized spacial score (nSPS) is 16.9. The van der Waals surface area contributed by atoms with Gasteiger partial charge in [-0.25, -0.2) is 17.9 Å². The Kier molecular flexibility index (Phi) is 4.11. The van der Waals surface area contributed by atoms with Crippen LogP contribution in [-0.4, -0.2) is 49.4 Å². The zero-order valence-electron chi connectivity index (χ0n) is 11.0. The highest BCUT2D eigenvalue weighted by Crippen LogP contribution is 2.44. The number of carbonyl (C=O) groups excluding carboxylic acids is 1. The third-order valence-electron chi connectivity index (χ3n) is 3.30. The average molecular weight is 303 g/mol. The number of aliphatic hydroxyl groups is 1. The van der Waals surface area contributed by atoms with E-state index in [-0.39, 0.29) is 35.8 Å². The van der Waals surface area contributed by atoms with Crippen LogP contribution in [0.1, 0.15) is 30.1 Å². The second kappa shape index (κ2) is 5.51. The summed E-state index contributed by atoms with van der Waals surface area (Å²) in [5.74, 6) is -0.745. The van der Waals surface area contributed by atoms with Gasteiger partial charge in [0.25, 0.3) is 10.0 Å². The maximum absolute atomic E-state index is 12.1. The van der Waals surface area contributed by atoms with Crippen molar-refractivity contribution in [3.63, 3.8) is 0 Å². The molecule has 0 amide bonds. The van der Waals surface area contributed by atoms with E-state index < -0.39 is 16.0 Å². The summed E-state index contributed by atoms with van der Waals surface area (Å²) in [6.07, 6.45) is 2.67. The molecule has 1 aromatic heterocycles.